The van der Waals surface area contributed by atoms with Crippen molar-refractivity contribution >= 4 is 16.9 Å². The monoisotopic (exact) mass is 353 g/mol. The Morgan fingerprint density at radius 2 is 1.96 bits per heavy atom. The number of nitrogens with one attached hydrogen (secondary N) is 1. The van der Waals surface area contributed by atoms with E-state index in [2.05, 4.69) is 4.98 Å². The number of rotatable bonds is 6. The van der Waals surface area contributed by atoms with Crippen LogP contribution >= 0.6 is 0 Å². The van der Waals surface area contributed by atoms with Crippen molar-refractivity contribution in [3.8, 4) is 22.6 Å². The fourth-order valence-electron chi connectivity index (χ4n) is 3.04. The van der Waals surface area contributed by atoms with Gasteiger partial charge in [-0.2, -0.15) is 0 Å². The molecule has 1 aromatic heterocycles. The summed E-state index contributed by atoms with van der Waals surface area (Å²) in [6, 6.07) is 13.1. The largest absolute Gasteiger partial charge is 0.504 e. The molecule has 0 unspecified atom stereocenters. The fraction of sp³-hybridized carbons (Fsp3) is 0.286. The predicted molar refractivity (Wildman–Crippen MR) is 102 cm³/mol. The molecule has 0 aliphatic rings. The summed E-state index contributed by atoms with van der Waals surface area (Å²) in [6.45, 7) is 5.95. The highest BCUT2D eigenvalue weighted by molar-refractivity contribution is 5.99. The Bertz CT molecular complexity index is 927. The minimum atomic E-state index is -0.288. The Hall–Kier alpha value is -2.95. The second kappa shape index (κ2) is 7.52. The molecule has 0 spiro atoms. The number of carbonyl (C=O) groups is 1. The van der Waals surface area contributed by atoms with Crippen LogP contribution in [0.3, 0.4) is 0 Å². The number of phenols is 1. The highest BCUT2D eigenvalue weighted by atomic mass is 16.5. The van der Waals surface area contributed by atoms with Crippen LogP contribution in [0, 0.1) is 0 Å². The molecular weight excluding hydrogens is 330 g/mol. The van der Waals surface area contributed by atoms with Crippen LogP contribution in [-0.4, -0.2) is 28.8 Å². The average Bonchev–Trinajstić information content (AvgIpc) is 2.94. The van der Waals surface area contributed by atoms with Crippen molar-refractivity contribution in [2.45, 2.75) is 33.3 Å². The number of H-pyrrole nitrogens is 1. The molecule has 1 heterocycles. The highest BCUT2D eigenvalue weighted by Gasteiger charge is 2.18. The molecule has 136 valence electrons. The smallest absolute Gasteiger partial charge is 0.311 e. The molecule has 0 atom stereocenters. The Morgan fingerprint density at radius 3 is 2.65 bits per heavy atom. The second-order valence-electron chi connectivity index (χ2n) is 6.36. The summed E-state index contributed by atoms with van der Waals surface area (Å²) >= 11 is 0. The van der Waals surface area contributed by atoms with Crippen LogP contribution in [0.1, 0.15) is 26.5 Å². The van der Waals surface area contributed by atoms with Crippen molar-refractivity contribution in [3.05, 3.63) is 48.2 Å². The average molecular weight is 353 g/mol. The van der Waals surface area contributed by atoms with Crippen LogP contribution < -0.4 is 4.74 Å². The topological polar surface area (TPSA) is 71.6 Å². The Balaban J connectivity index is 2.08. The third kappa shape index (κ3) is 3.67. The number of carbonyl (C=O) groups excluding carboxylic acids is 1. The Labute approximate surface area is 152 Å². The normalized spacial score (nSPS) is 11.1. The first-order chi connectivity index (χ1) is 12.5. The molecule has 2 N–H and O–H groups in total. The lowest BCUT2D eigenvalue weighted by Gasteiger charge is -2.13. The van der Waals surface area contributed by atoms with E-state index < -0.39 is 0 Å². The molecule has 0 radical (unpaired) electrons. The molecule has 5 heteroatoms. The molecule has 26 heavy (non-hydrogen) atoms. The van der Waals surface area contributed by atoms with Crippen LogP contribution in [0.25, 0.3) is 22.0 Å². The zero-order chi connectivity index (χ0) is 18.7. The summed E-state index contributed by atoms with van der Waals surface area (Å²) in [7, 11) is 0. The standard InChI is InChI=1S/C21H23NO4/c1-4-25-20(24)12-17-21(15-7-5-6-8-16(15)22-17)14-9-10-19(18(23)11-14)26-13(2)3/h5-11,13,22-23H,4,12H2,1-3H3. The van der Waals surface area contributed by atoms with Crippen molar-refractivity contribution in [2.24, 2.45) is 0 Å². The number of aromatic nitrogens is 1. The first-order valence-electron chi connectivity index (χ1n) is 8.74. The molecule has 0 saturated carbocycles. The van der Waals surface area contributed by atoms with Gasteiger partial charge in [0.25, 0.3) is 0 Å². The van der Waals surface area contributed by atoms with Crippen molar-refractivity contribution in [1.82, 2.24) is 4.98 Å². The zero-order valence-corrected chi connectivity index (χ0v) is 15.2. The van der Waals surface area contributed by atoms with E-state index in [9.17, 15) is 9.90 Å². The third-order valence-electron chi connectivity index (χ3n) is 4.02. The number of hydrogen-bond acceptors (Lipinski definition) is 4. The maximum absolute atomic E-state index is 12.0. The molecule has 0 fully saturated rings. The summed E-state index contributed by atoms with van der Waals surface area (Å²) < 4.78 is 10.7. The molecule has 0 aliphatic carbocycles. The van der Waals surface area contributed by atoms with Crippen LogP contribution in [0.4, 0.5) is 0 Å². The molecular formula is C21H23NO4. The van der Waals surface area contributed by atoms with Crippen molar-refractivity contribution < 1.29 is 19.4 Å². The lowest BCUT2D eigenvalue weighted by molar-refractivity contribution is -0.142. The molecule has 0 amide bonds. The van der Waals surface area contributed by atoms with E-state index in [1.54, 1.807) is 19.1 Å². The third-order valence-corrected chi connectivity index (χ3v) is 4.02. The minimum absolute atomic E-state index is 0.0285. The first kappa shape index (κ1) is 17.9. The lowest BCUT2D eigenvalue weighted by Crippen LogP contribution is -2.08. The van der Waals surface area contributed by atoms with E-state index in [1.165, 1.54) is 0 Å². The van der Waals surface area contributed by atoms with E-state index in [1.807, 2.05) is 44.2 Å². The maximum Gasteiger partial charge on any atom is 0.311 e. The molecule has 0 bridgehead atoms. The maximum atomic E-state index is 12.0. The van der Waals surface area contributed by atoms with Gasteiger partial charge in [0.2, 0.25) is 0 Å². The number of aromatic amines is 1. The summed E-state index contributed by atoms with van der Waals surface area (Å²) in [6.07, 6.45) is 0.113. The van der Waals surface area contributed by atoms with Gasteiger partial charge in [0.05, 0.1) is 19.1 Å². The zero-order valence-electron chi connectivity index (χ0n) is 15.2. The van der Waals surface area contributed by atoms with Gasteiger partial charge in [-0.05, 0) is 44.5 Å². The summed E-state index contributed by atoms with van der Waals surface area (Å²) in [4.78, 5) is 15.3. The van der Waals surface area contributed by atoms with E-state index in [-0.39, 0.29) is 24.2 Å². The number of hydrogen-bond donors (Lipinski definition) is 2. The second-order valence-corrected chi connectivity index (χ2v) is 6.36. The molecule has 2 aromatic carbocycles. The Kier molecular flexibility index (Phi) is 5.16. The van der Waals surface area contributed by atoms with Crippen LogP contribution in [-0.2, 0) is 16.0 Å². The number of para-hydroxylation sites is 1. The van der Waals surface area contributed by atoms with Crippen molar-refractivity contribution in [1.29, 1.82) is 0 Å². The van der Waals surface area contributed by atoms with E-state index >= 15 is 0 Å². The van der Waals surface area contributed by atoms with Gasteiger partial charge < -0.3 is 19.6 Å². The highest BCUT2D eigenvalue weighted by Crippen LogP contribution is 2.37. The van der Waals surface area contributed by atoms with Gasteiger partial charge in [-0.1, -0.05) is 24.3 Å². The van der Waals surface area contributed by atoms with Crippen molar-refractivity contribution in [3.63, 3.8) is 0 Å². The minimum Gasteiger partial charge on any atom is -0.504 e. The van der Waals surface area contributed by atoms with Crippen LogP contribution in [0.15, 0.2) is 42.5 Å². The Morgan fingerprint density at radius 1 is 1.19 bits per heavy atom. The molecule has 3 aromatic rings. The molecule has 0 aliphatic heterocycles. The van der Waals surface area contributed by atoms with Gasteiger partial charge in [-0.3, -0.25) is 4.79 Å². The van der Waals surface area contributed by atoms with Gasteiger partial charge >= 0.3 is 5.97 Å². The summed E-state index contributed by atoms with van der Waals surface area (Å²) in [5, 5.41) is 11.3. The van der Waals surface area contributed by atoms with E-state index in [0.717, 1.165) is 27.7 Å². The number of esters is 1. The summed E-state index contributed by atoms with van der Waals surface area (Å²) in [5.74, 6) is 0.225. The van der Waals surface area contributed by atoms with Crippen LogP contribution in [0.2, 0.25) is 0 Å². The molecule has 3 rings (SSSR count). The number of phenolic OH excluding ortho intramolecular Hbond substituents is 1. The number of benzene rings is 2. The first-order valence-corrected chi connectivity index (χ1v) is 8.74. The quantitative estimate of drug-likeness (QED) is 0.643. The van der Waals surface area contributed by atoms with E-state index in [4.69, 9.17) is 9.47 Å². The van der Waals surface area contributed by atoms with Gasteiger partial charge in [0, 0.05) is 22.2 Å². The summed E-state index contributed by atoms with van der Waals surface area (Å²) in [5.41, 5.74) is 3.40. The number of aromatic hydroxyl groups is 1. The number of fused-ring (bicyclic) bond motifs is 1. The van der Waals surface area contributed by atoms with Gasteiger partial charge in [-0.25, -0.2) is 0 Å². The molecule has 0 saturated heterocycles. The van der Waals surface area contributed by atoms with E-state index in [0.29, 0.717) is 12.4 Å². The molecule has 5 nitrogen and oxygen atoms in total. The van der Waals surface area contributed by atoms with Crippen LogP contribution in [0.5, 0.6) is 11.5 Å². The SMILES string of the molecule is CCOC(=O)Cc1[nH]c2ccccc2c1-c1ccc(OC(C)C)c(O)c1. The lowest BCUT2D eigenvalue weighted by atomic mass is 10.00. The fourth-order valence-corrected chi connectivity index (χ4v) is 3.04. The predicted octanol–water partition coefficient (Wildman–Crippen LogP) is 4.43. The van der Waals surface area contributed by atoms with Gasteiger partial charge in [-0.15, -0.1) is 0 Å². The number of ether oxygens (including phenoxy) is 2. The van der Waals surface area contributed by atoms with Crippen molar-refractivity contribution in [2.75, 3.05) is 6.61 Å². The van der Waals surface area contributed by atoms with Gasteiger partial charge in [0.1, 0.15) is 0 Å². The van der Waals surface area contributed by atoms with Gasteiger partial charge in [0.15, 0.2) is 11.5 Å².